The van der Waals surface area contributed by atoms with E-state index >= 15 is 0 Å². The molecule has 1 aromatic rings. The molecular weight excluding hydrogens is 458 g/mol. The van der Waals surface area contributed by atoms with Crippen molar-refractivity contribution in [3.05, 3.63) is 29.8 Å². The molecule has 36 heavy (non-hydrogen) atoms. The van der Waals surface area contributed by atoms with E-state index in [0.717, 1.165) is 32.1 Å². The second-order valence-corrected chi connectivity index (χ2v) is 10.7. The van der Waals surface area contributed by atoms with Gasteiger partial charge in [-0.25, -0.2) is 4.79 Å². The molecule has 2 unspecified atom stereocenters. The lowest BCUT2D eigenvalue weighted by Gasteiger charge is -2.35. The van der Waals surface area contributed by atoms with Gasteiger partial charge in [0, 0.05) is 13.1 Å². The van der Waals surface area contributed by atoms with Crippen LogP contribution in [0.2, 0.25) is 0 Å². The fourth-order valence-corrected chi connectivity index (χ4v) is 3.86. The molecule has 0 spiro atoms. The Bertz CT molecular complexity index is 817. The fraction of sp³-hybridized carbons (Fsp3) is 0.679. The van der Waals surface area contributed by atoms with Crippen LogP contribution in [0.15, 0.2) is 24.3 Å². The number of carbonyl (C=O) groups is 3. The third kappa shape index (κ3) is 11.3. The summed E-state index contributed by atoms with van der Waals surface area (Å²) in [6, 6.07) is 4.63. The molecule has 0 fully saturated rings. The van der Waals surface area contributed by atoms with E-state index in [9.17, 15) is 19.5 Å². The Morgan fingerprint density at radius 1 is 1.00 bits per heavy atom. The van der Waals surface area contributed by atoms with E-state index in [0.29, 0.717) is 25.1 Å². The standard InChI is InChI=1S/C28H47N3O5/c1-8-10-12-18-31(26(34)23(19-20(3)4)30-27(35)36-28(5,6)7)24(25(33)29-17-11-9-2)21-13-15-22(32)16-14-21/h13-16,20,23-24,32H,8-12,17-19H2,1-7H3,(H,29,33)(H,30,35). The van der Waals surface area contributed by atoms with Gasteiger partial charge in [-0.2, -0.15) is 0 Å². The molecule has 0 saturated carbocycles. The van der Waals surface area contributed by atoms with Gasteiger partial charge in [0.1, 0.15) is 23.4 Å². The maximum absolute atomic E-state index is 14.0. The van der Waals surface area contributed by atoms with Crippen molar-refractivity contribution in [1.29, 1.82) is 0 Å². The molecule has 1 rings (SSSR count). The van der Waals surface area contributed by atoms with E-state index < -0.39 is 23.8 Å². The van der Waals surface area contributed by atoms with Crippen molar-refractivity contribution in [3.8, 4) is 5.75 Å². The molecule has 204 valence electrons. The van der Waals surface area contributed by atoms with Gasteiger partial charge in [-0.3, -0.25) is 9.59 Å². The van der Waals surface area contributed by atoms with Crippen molar-refractivity contribution < 1.29 is 24.2 Å². The molecule has 2 atom stereocenters. The minimum atomic E-state index is -0.887. The summed E-state index contributed by atoms with van der Waals surface area (Å²) < 4.78 is 5.42. The monoisotopic (exact) mass is 505 g/mol. The number of nitrogens with zero attached hydrogens (tertiary/aromatic N) is 1. The van der Waals surface area contributed by atoms with Crippen molar-refractivity contribution in [2.24, 2.45) is 5.92 Å². The number of benzene rings is 1. The van der Waals surface area contributed by atoms with Gasteiger partial charge in [-0.15, -0.1) is 0 Å². The predicted molar refractivity (Wildman–Crippen MR) is 143 cm³/mol. The normalized spacial score (nSPS) is 13.1. The Kier molecular flexibility index (Phi) is 13.3. The third-order valence-electron chi connectivity index (χ3n) is 5.58. The zero-order valence-electron chi connectivity index (χ0n) is 23.2. The van der Waals surface area contributed by atoms with Gasteiger partial charge in [-0.1, -0.05) is 59.1 Å². The van der Waals surface area contributed by atoms with Crippen molar-refractivity contribution in [2.75, 3.05) is 13.1 Å². The zero-order valence-corrected chi connectivity index (χ0v) is 23.2. The molecule has 0 saturated heterocycles. The molecule has 3 amide bonds. The number of aromatic hydroxyl groups is 1. The topological polar surface area (TPSA) is 108 Å². The molecule has 8 nitrogen and oxygen atoms in total. The van der Waals surface area contributed by atoms with Gasteiger partial charge in [0.05, 0.1) is 0 Å². The fourth-order valence-electron chi connectivity index (χ4n) is 3.86. The molecule has 0 aliphatic carbocycles. The number of phenols is 1. The van der Waals surface area contributed by atoms with Gasteiger partial charge in [-0.05, 0) is 63.6 Å². The number of unbranched alkanes of at least 4 members (excludes halogenated alkanes) is 3. The van der Waals surface area contributed by atoms with Crippen LogP contribution in [0, 0.1) is 5.92 Å². The summed E-state index contributed by atoms with van der Waals surface area (Å²) in [5.74, 6) is -0.400. The highest BCUT2D eigenvalue weighted by Crippen LogP contribution is 2.26. The number of hydrogen-bond acceptors (Lipinski definition) is 5. The Balaban J connectivity index is 3.41. The van der Waals surface area contributed by atoms with Crippen LogP contribution in [0.25, 0.3) is 0 Å². The van der Waals surface area contributed by atoms with E-state index in [1.165, 1.54) is 12.1 Å². The molecule has 0 aliphatic rings. The number of amides is 3. The average molecular weight is 506 g/mol. The molecule has 0 aromatic heterocycles. The maximum atomic E-state index is 14.0. The first-order valence-electron chi connectivity index (χ1n) is 13.3. The van der Waals surface area contributed by atoms with Crippen molar-refractivity contribution in [2.45, 2.75) is 105 Å². The number of ether oxygens (including phenoxy) is 1. The van der Waals surface area contributed by atoms with Crippen molar-refractivity contribution in [3.63, 3.8) is 0 Å². The Hall–Kier alpha value is -2.77. The zero-order chi connectivity index (χ0) is 27.3. The number of nitrogens with one attached hydrogen (secondary N) is 2. The van der Waals surface area contributed by atoms with E-state index in [2.05, 4.69) is 17.6 Å². The third-order valence-corrected chi connectivity index (χ3v) is 5.58. The van der Waals surface area contributed by atoms with Gasteiger partial charge < -0.3 is 25.4 Å². The minimum Gasteiger partial charge on any atom is -0.508 e. The maximum Gasteiger partial charge on any atom is 0.408 e. The van der Waals surface area contributed by atoms with Crippen LogP contribution >= 0.6 is 0 Å². The summed E-state index contributed by atoms with van der Waals surface area (Å²) in [6.07, 6.45) is 4.08. The number of hydrogen-bond donors (Lipinski definition) is 3. The summed E-state index contributed by atoms with van der Waals surface area (Å²) in [4.78, 5) is 41.7. The number of rotatable bonds is 14. The van der Waals surface area contributed by atoms with Gasteiger partial charge in [0.25, 0.3) is 0 Å². The highest BCUT2D eigenvalue weighted by Gasteiger charge is 2.36. The predicted octanol–water partition coefficient (Wildman–Crippen LogP) is 5.31. The first-order chi connectivity index (χ1) is 16.9. The second kappa shape index (κ2) is 15.4. The Morgan fingerprint density at radius 2 is 1.61 bits per heavy atom. The van der Waals surface area contributed by atoms with Crippen LogP contribution in [0.3, 0.4) is 0 Å². The largest absolute Gasteiger partial charge is 0.508 e. The molecule has 1 aromatic carbocycles. The van der Waals surface area contributed by atoms with Crippen molar-refractivity contribution >= 4 is 17.9 Å². The second-order valence-electron chi connectivity index (χ2n) is 10.7. The Morgan fingerprint density at radius 3 is 2.14 bits per heavy atom. The van der Waals surface area contributed by atoms with E-state index in [1.807, 2.05) is 20.8 Å². The lowest BCUT2D eigenvalue weighted by Crippen LogP contribution is -2.53. The van der Waals surface area contributed by atoms with Crippen LogP contribution in [0.5, 0.6) is 5.75 Å². The summed E-state index contributed by atoms with van der Waals surface area (Å²) in [5, 5.41) is 15.5. The van der Waals surface area contributed by atoms with Crippen LogP contribution < -0.4 is 10.6 Å². The summed E-state index contributed by atoms with van der Waals surface area (Å²) in [5.41, 5.74) is -0.100. The summed E-state index contributed by atoms with van der Waals surface area (Å²) in [7, 11) is 0. The molecule has 0 bridgehead atoms. The summed E-state index contributed by atoms with van der Waals surface area (Å²) >= 11 is 0. The van der Waals surface area contributed by atoms with Crippen LogP contribution in [-0.2, 0) is 14.3 Å². The molecular formula is C28H47N3O5. The van der Waals surface area contributed by atoms with E-state index in [4.69, 9.17) is 4.74 Å². The molecule has 3 N–H and O–H groups in total. The SMILES string of the molecule is CCCCCN(C(=O)C(CC(C)C)NC(=O)OC(C)(C)C)C(C(=O)NCCCC)c1ccc(O)cc1. The number of alkyl carbamates (subject to hydrolysis) is 1. The van der Waals surface area contributed by atoms with E-state index in [1.54, 1.807) is 37.8 Å². The quantitative estimate of drug-likeness (QED) is 0.297. The lowest BCUT2D eigenvalue weighted by molar-refractivity contribution is -0.143. The van der Waals surface area contributed by atoms with E-state index in [-0.39, 0.29) is 23.5 Å². The first-order valence-corrected chi connectivity index (χ1v) is 13.3. The van der Waals surface area contributed by atoms with Gasteiger partial charge in [0.15, 0.2) is 0 Å². The highest BCUT2D eigenvalue weighted by atomic mass is 16.6. The Labute approximate surface area is 217 Å². The molecule has 0 aliphatic heterocycles. The lowest BCUT2D eigenvalue weighted by atomic mass is 9.98. The molecule has 8 heteroatoms. The number of phenolic OH excluding ortho intramolecular Hbond substituents is 1. The molecule has 0 radical (unpaired) electrons. The van der Waals surface area contributed by atoms with Gasteiger partial charge in [0.2, 0.25) is 11.8 Å². The highest BCUT2D eigenvalue weighted by molar-refractivity contribution is 5.92. The average Bonchev–Trinajstić information content (AvgIpc) is 2.77. The van der Waals surface area contributed by atoms with Crippen LogP contribution in [-0.4, -0.2) is 52.6 Å². The first kappa shape index (κ1) is 31.3. The minimum absolute atomic E-state index is 0.0806. The van der Waals surface area contributed by atoms with Crippen LogP contribution in [0.1, 0.15) is 98.6 Å². The smallest absolute Gasteiger partial charge is 0.408 e. The number of carbonyl (C=O) groups excluding carboxylic acids is 3. The van der Waals surface area contributed by atoms with Crippen molar-refractivity contribution in [1.82, 2.24) is 15.5 Å². The molecule has 0 heterocycles. The van der Waals surface area contributed by atoms with Gasteiger partial charge >= 0.3 is 6.09 Å². The summed E-state index contributed by atoms with van der Waals surface area (Å²) in [6.45, 7) is 14.3. The van der Waals surface area contributed by atoms with Crippen LogP contribution in [0.4, 0.5) is 4.79 Å².